The van der Waals surface area contributed by atoms with Gasteiger partial charge in [0.05, 0.1) is 10.6 Å². The first-order valence-corrected chi connectivity index (χ1v) is 12.4. The molecular formula is C21H24ClN3O3S2. The van der Waals surface area contributed by atoms with Crippen LogP contribution < -0.4 is 4.72 Å². The van der Waals surface area contributed by atoms with Crippen molar-refractivity contribution in [1.29, 1.82) is 0 Å². The molecule has 0 radical (unpaired) electrons. The van der Waals surface area contributed by atoms with E-state index in [-0.39, 0.29) is 16.8 Å². The molecule has 30 heavy (non-hydrogen) atoms. The monoisotopic (exact) mass is 465 g/mol. The second kappa shape index (κ2) is 9.51. The highest BCUT2D eigenvalue weighted by Gasteiger charge is 2.25. The zero-order valence-electron chi connectivity index (χ0n) is 17.1. The van der Waals surface area contributed by atoms with Gasteiger partial charge in [0.15, 0.2) is 5.17 Å². The second-order valence-electron chi connectivity index (χ2n) is 7.29. The quantitative estimate of drug-likeness (QED) is 0.699. The first kappa shape index (κ1) is 22.8. The Morgan fingerprint density at radius 1 is 1.20 bits per heavy atom. The summed E-state index contributed by atoms with van der Waals surface area (Å²) in [6, 6.07) is 11.3. The van der Waals surface area contributed by atoms with Gasteiger partial charge in [0.2, 0.25) is 10.0 Å². The average Bonchev–Trinajstić information content (AvgIpc) is 2.70. The van der Waals surface area contributed by atoms with Crippen LogP contribution in [0.1, 0.15) is 36.2 Å². The maximum atomic E-state index is 13.1. The number of sulfonamides is 1. The molecule has 0 saturated carbocycles. The maximum absolute atomic E-state index is 13.1. The minimum Gasteiger partial charge on any atom is -0.287 e. The first-order valence-electron chi connectivity index (χ1n) is 9.59. The fourth-order valence-electron chi connectivity index (χ4n) is 2.91. The Bertz CT molecular complexity index is 1070. The molecule has 1 aliphatic heterocycles. The van der Waals surface area contributed by atoms with Crippen LogP contribution in [0.3, 0.4) is 0 Å². The summed E-state index contributed by atoms with van der Waals surface area (Å²) in [5.41, 5.74) is 2.07. The third-order valence-electron chi connectivity index (χ3n) is 4.42. The van der Waals surface area contributed by atoms with Crippen LogP contribution in [0, 0.1) is 6.92 Å². The summed E-state index contributed by atoms with van der Waals surface area (Å²) in [4.78, 5) is 19.5. The number of carbonyl (C=O) groups excluding carboxylic acids is 1. The molecule has 1 heterocycles. The van der Waals surface area contributed by atoms with Crippen molar-refractivity contribution in [2.45, 2.75) is 38.1 Å². The van der Waals surface area contributed by atoms with Crippen LogP contribution in [0.5, 0.6) is 0 Å². The van der Waals surface area contributed by atoms with E-state index in [0.29, 0.717) is 28.0 Å². The molecule has 0 atom stereocenters. The molecule has 1 saturated heterocycles. The van der Waals surface area contributed by atoms with E-state index in [1.807, 2.05) is 19.1 Å². The number of aryl methyl sites for hydroxylation is 1. The Labute approximate surface area is 186 Å². The van der Waals surface area contributed by atoms with Gasteiger partial charge in [-0.3, -0.25) is 9.69 Å². The Morgan fingerprint density at radius 3 is 2.53 bits per heavy atom. The average molecular weight is 466 g/mol. The molecule has 1 fully saturated rings. The van der Waals surface area contributed by atoms with Crippen molar-refractivity contribution >= 4 is 50.1 Å². The highest BCUT2D eigenvalue weighted by molar-refractivity contribution is 8.13. The summed E-state index contributed by atoms with van der Waals surface area (Å²) in [6.07, 6.45) is 0.856. The summed E-state index contributed by atoms with van der Waals surface area (Å²) in [5, 5.41) is 1.24. The van der Waals surface area contributed by atoms with E-state index in [1.165, 1.54) is 36.0 Å². The highest BCUT2D eigenvalue weighted by Crippen LogP contribution is 2.27. The second-order valence-corrected chi connectivity index (χ2v) is 10.5. The van der Waals surface area contributed by atoms with Gasteiger partial charge < -0.3 is 0 Å². The van der Waals surface area contributed by atoms with Crippen molar-refractivity contribution in [3.05, 3.63) is 58.6 Å². The fraction of sp³-hybridized carbons (Fsp3) is 0.333. The van der Waals surface area contributed by atoms with Crippen LogP contribution in [-0.4, -0.2) is 42.7 Å². The smallest absolute Gasteiger partial charge is 0.259 e. The van der Waals surface area contributed by atoms with Gasteiger partial charge in [-0.1, -0.05) is 29.4 Å². The van der Waals surface area contributed by atoms with Gasteiger partial charge in [-0.15, -0.1) is 0 Å². The molecule has 2 aromatic carbocycles. The molecule has 9 heteroatoms. The van der Waals surface area contributed by atoms with Gasteiger partial charge in [-0.05, 0) is 69.2 Å². The van der Waals surface area contributed by atoms with Crippen LogP contribution >= 0.6 is 23.4 Å². The van der Waals surface area contributed by atoms with E-state index in [4.69, 9.17) is 11.6 Å². The number of rotatable bonds is 5. The number of amides is 1. The van der Waals surface area contributed by atoms with Crippen molar-refractivity contribution in [3.8, 4) is 0 Å². The Morgan fingerprint density at radius 2 is 1.90 bits per heavy atom. The molecule has 0 spiro atoms. The molecule has 0 aliphatic carbocycles. The zero-order valence-corrected chi connectivity index (χ0v) is 19.4. The van der Waals surface area contributed by atoms with Crippen LogP contribution in [0.4, 0.5) is 5.69 Å². The summed E-state index contributed by atoms with van der Waals surface area (Å²) in [6.45, 7) is 5.99. The lowest BCUT2D eigenvalue weighted by Gasteiger charge is -2.28. The SMILES string of the molecule is Cc1ccc(N=C2SCCCN2C(=O)c2ccc(S(=O)(=O)NC(C)C)cc2)cc1Cl. The molecule has 1 aliphatic rings. The van der Waals surface area contributed by atoms with E-state index >= 15 is 0 Å². The number of halogens is 1. The number of aliphatic imine (C=N–C) groups is 1. The largest absolute Gasteiger partial charge is 0.287 e. The van der Waals surface area contributed by atoms with Crippen molar-refractivity contribution < 1.29 is 13.2 Å². The van der Waals surface area contributed by atoms with Gasteiger partial charge in [0.1, 0.15) is 0 Å². The molecule has 0 bridgehead atoms. The molecule has 2 aromatic rings. The van der Waals surface area contributed by atoms with Gasteiger partial charge >= 0.3 is 0 Å². The predicted octanol–water partition coefficient (Wildman–Crippen LogP) is 4.60. The van der Waals surface area contributed by atoms with Gasteiger partial charge in [0, 0.05) is 28.9 Å². The lowest BCUT2D eigenvalue weighted by atomic mass is 10.2. The van der Waals surface area contributed by atoms with Crippen molar-refractivity contribution in [3.63, 3.8) is 0 Å². The number of thioether (sulfide) groups is 1. The van der Waals surface area contributed by atoms with Crippen molar-refractivity contribution in [2.75, 3.05) is 12.3 Å². The number of hydrogen-bond donors (Lipinski definition) is 1. The number of benzene rings is 2. The van der Waals surface area contributed by atoms with Gasteiger partial charge in [-0.25, -0.2) is 18.1 Å². The third-order valence-corrected chi connectivity index (χ3v) is 7.56. The molecule has 6 nitrogen and oxygen atoms in total. The van der Waals surface area contributed by atoms with E-state index in [1.54, 1.807) is 24.8 Å². The predicted molar refractivity (Wildman–Crippen MR) is 123 cm³/mol. The van der Waals surface area contributed by atoms with E-state index in [2.05, 4.69) is 9.71 Å². The fourth-order valence-corrected chi connectivity index (χ4v) is 5.30. The minimum atomic E-state index is -3.60. The number of amidine groups is 1. The maximum Gasteiger partial charge on any atom is 0.259 e. The molecule has 0 aromatic heterocycles. The molecule has 0 unspecified atom stereocenters. The summed E-state index contributed by atoms with van der Waals surface area (Å²) < 4.78 is 27.1. The summed E-state index contributed by atoms with van der Waals surface area (Å²) in [5.74, 6) is 0.667. The molecule has 1 N–H and O–H groups in total. The topological polar surface area (TPSA) is 78.8 Å². The molecule has 160 valence electrons. The van der Waals surface area contributed by atoms with Crippen LogP contribution in [0.25, 0.3) is 0 Å². The number of carbonyl (C=O) groups is 1. The molecular weight excluding hydrogens is 442 g/mol. The summed E-state index contributed by atoms with van der Waals surface area (Å²) in [7, 11) is -3.60. The normalized spacial score (nSPS) is 16.3. The number of hydrogen-bond acceptors (Lipinski definition) is 5. The standard InChI is InChI=1S/C21H24ClN3O3S2/c1-14(2)24-30(27,28)18-9-6-16(7-10-18)20(26)25-11-4-12-29-21(25)23-17-8-5-15(3)19(22)13-17/h5-10,13-14,24H,4,11-12H2,1-3H3. The summed E-state index contributed by atoms with van der Waals surface area (Å²) >= 11 is 7.72. The lowest BCUT2D eigenvalue weighted by Crippen LogP contribution is -2.39. The zero-order chi connectivity index (χ0) is 21.9. The molecule has 1 amide bonds. The van der Waals surface area contributed by atoms with Crippen LogP contribution in [-0.2, 0) is 10.0 Å². The van der Waals surface area contributed by atoms with E-state index in [9.17, 15) is 13.2 Å². The highest BCUT2D eigenvalue weighted by atomic mass is 35.5. The third kappa shape index (κ3) is 5.43. The first-order chi connectivity index (χ1) is 14.2. The van der Waals surface area contributed by atoms with E-state index < -0.39 is 10.0 Å². The molecule has 3 rings (SSSR count). The number of nitrogens with one attached hydrogen (secondary N) is 1. The lowest BCUT2D eigenvalue weighted by molar-refractivity contribution is 0.0849. The van der Waals surface area contributed by atoms with Crippen molar-refractivity contribution in [2.24, 2.45) is 4.99 Å². The minimum absolute atomic E-state index is 0.129. The van der Waals surface area contributed by atoms with Crippen LogP contribution in [0.15, 0.2) is 52.4 Å². The van der Waals surface area contributed by atoms with Gasteiger partial charge in [0.25, 0.3) is 5.91 Å². The van der Waals surface area contributed by atoms with Crippen molar-refractivity contribution in [1.82, 2.24) is 9.62 Å². The van der Waals surface area contributed by atoms with Crippen LogP contribution in [0.2, 0.25) is 5.02 Å². The van der Waals surface area contributed by atoms with E-state index in [0.717, 1.165) is 17.7 Å². The van der Waals surface area contributed by atoms with Gasteiger partial charge in [-0.2, -0.15) is 0 Å². The Hall–Kier alpha value is -1.87. The Kier molecular flexibility index (Phi) is 7.23. The Balaban J connectivity index is 1.85. The number of nitrogens with zero attached hydrogens (tertiary/aromatic N) is 2.